The molecule has 0 heterocycles. The number of anilines is 1. The highest BCUT2D eigenvalue weighted by Crippen LogP contribution is 2.19. The smallest absolute Gasteiger partial charge is 0.338 e. The number of unbranched alkanes of at least 4 members (excludes halogenated alkanes) is 1. The lowest BCUT2D eigenvalue weighted by molar-refractivity contribution is -0.126. The van der Waals surface area contributed by atoms with E-state index < -0.39 is 18.5 Å². The fraction of sp³-hybridized carbons (Fsp3) is 0.318. The van der Waals surface area contributed by atoms with Gasteiger partial charge in [-0.05, 0) is 61.4 Å². The van der Waals surface area contributed by atoms with Crippen LogP contribution in [0.25, 0.3) is 0 Å². The van der Waals surface area contributed by atoms with Crippen molar-refractivity contribution in [3.63, 3.8) is 0 Å². The molecule has 2 amide bonds. The van der Waals surface area contributed by atoms with E-state index in [4.69, 9.17) is 9.47 Å². The van der Waals surface area contributed by atoms with Crippen LogP contribution in [0.1, 0.15) is 35.7 Å². The molecule has 0 saturated heterocycles. The summed E-state index contributed by atoms with van der Waals surface area (Å²) < 4.78 is 11.4. The summed E-state index contributed by atoms with van der Waals surface area (Å²) in [6.45, 7) is 3.86. The van der Waals surface area contributed by atoms with Gasteiger partial charge in [-0.1, -0.05) is 29.3 Å². The van der Waals surface area contributed by atoms with Crippen molar-refractivity contribution in [1.82, 2.24) is 5.32 Å². The summed E-state index contributed by atoms with van der Waals surface area (Å²) in [7, 11) is 0. The molecule has 2 N–H and O–H groups in total. The van der Waals surface area contributed by atoms with E-state index in [0.717, 1.165) is 22.9 Å². The number of rotatable bonds is 10. The standard InChI is InChI=1S/C22H25BrN2O5/c1-3-4-11-29-18-8-5-16(6-9-18)22(28)30-14-21(27)24-13-20(26)25-19-10-7-17(23)12-15(19)2/h5-10,12H,3-4,11,13-14H2,1-2H3,(H,24,27)(H,25,26). The van der Waals surface area contributed by atoms with E-state index in [1.165, 1.54) is 0 Å². The number of halogens is 1. The summed E-state index contributed by atoms with van der Waals surface area (Å²) >= 11 is 3.36. The van der Waals surface area contributed by atoms with Gasteiger partial charge >= 0.3 is 5.97 Å². The van der Waals surface area contributed by atoms with Gasteiger partial charge in [0.25, 0.3) is 5.91 Å². The molecule has 0 bridgehead atoms. The number of aryl methyl sites for hydroxylation is 1. The second kappa shape index (κ2) is 12.0. The average molecular weight is 477 g/mol. The fourth-order valence-electron chi connectivity index (χ4n) is 2.43. The van der Waals surface area contributed by atoms with Crippen molar-refractivity contribution in [3.05, 3.63) is 58.1 Å². The molecule has 0 saturated carbocycles. The van der Waals surface area contributed by atoms with Crippen LogP contribution in [0.2, 0.25) is 0 Å². The van der Waals surface area contributed by atoms with Crippen LogP contribution in [0, 0.1) is 6.92 Å². The molecule has 0 atom stereocenters. The summed E-state index contributed by atoms with van der Waals surface area (Å²) in [6.07, 6.45) is 2.00. The Morgan fingerprint density at radius 2 is 1.77 bits per heavy atom. The number of carbonyl (C=O) groups excluding carboxylic acids is 3. The Balaban J connectivity index is 1.72. The molecule has 0 unspecified atom stereocenters. The molecular weight excluding hydrogens is 452 g/mol. The second-order valence-corrected chi connectivity index (χ2v) is 7.50. The molecule has 2 aromatic carbocycles. The van der Waals surface area contributed by atoms with Crippen LogP contribution in [0.15, 0.2) is 46.9 Å². The highest BCUT2D eigenvalue weighted by molar-refractivity contribution is 9.10. The van der Waals surface area contributed by atoms with E-state index in [-0.39, 0.29) is 12.5 Å². The van der Waals surface area contributed by atoms with Crippen LogP contribution in [0.3, 0.4) is 0 Å². The van der Waals surface area contributed by atoms with Crippen LogP contribution < -0.4 is 15.4 Å². The van der Waals surface area contributed by atoms with Crippen molar-refractivity contribution in [2.45, 2.75) is 26.7 Å². The quantitative estimate of drug-likeness (QED) is 0.401. The third-order valence-electron chi connectivity index (χ3n) is 4.10. The third-order valence-corrected chi connectivity index (χ3v) is 4.59. The van der Waals surface area contributed by atoms with Gasteiger partial charge in [0.15, 0.2) is 6.61 Å². The summed E-state index contributed by atoms with van der Waals surface area (Å²) in [4.78, 5) is 35.9. The zero-order valence-electron chi connectivity index (χ0n) is 17.0. The van der Waals surface area contributed by atoms with E-state index in [2.05, 4.69) is 33.5 Å². The van der Waals surface area contributed by atoms with Gasteiger partial charge < -0.3 is 20.1 Å². The zero-order chi connectivity index (χ0) is 21.9. The first kappa shape index (κ1) is 23.4. The summed E-state index contributed by atoms with van der Waals surface area (Å²) in [5, 5.41) is 5.13. The van der Waals surface area contributed by atoms with E-state index in [9.17, 15) is 14.4 Å². The lowest BCUT2D eigenvalue weighted by Crippen LogP contribution is -2.35. The first-order valence-corrected chi connectivity index (χ1v) is 10.4. The molecule has 0 radical (unpaired) electrons. The highest BCUT2D eigenvalue weighted by atomic mass is 79.9. The van der Waals surface area contributed by atoms with E-state index >= 15 is 0 Å². The fourth-order valence-corrected chi connectivity index (χ4v) is 2.90. The maximum atomic E-state index is 12.0. The maximum absolute atomic E-state index is 12.0. The first-order valence-electron chi connectivity index (χ1n) is 9.61. The SMILES string of the molecule is CCCCOc1ccc(C(=O)OCC(=O)NCC(=O)Nc2ccc(Br)cc2C)cc1. The number of nitrogens with one attached hydrogen (secondary N) is 2. The van der Waals surface area contributed by atoms with Gasteiger partial charge in [-0.2, -0.15) is 0 Å². The number of hydrogen-bond acceptors (Lipinski definition) is 5. The van der Waals surface area contributed by atoms with Crippen molar-refractivity contribution in [3.8, 4) is 5.75 Å². The topological polar surface area (TPSA) is 93.7 Å². The minimum atomic E-state index is -0.625. The Bertz CT molecular complexity index is 884. The zero-order valence-corrected chi connectivity index (χ0v) is 18.6. The monoisotopic (exact) mass is 476 g/mol. The Kier molecular flexibility index (Phi) is 9.34. The second-order valence-electron chi connectivity index (χ2n) is 6.59. The molecule has 160 valence electrons. The predicted molar refractivity (Wildman–Crippen MR) is 118 cm³/mol. The van der Waals surface area contributed by atoms with E-state index in [1.54, 1.807) is 30.3 Å². The molecular formula is C22H25BrN2O5. The van der Waals surface area contributed by atoms with Crippen molar-refractivity contribution < 1.29 is 23.9 Å². The third kappa shape index (κ3) is 7.87. The Morgan fingerprint density at radius 3 is 2.43 bits per heavy atom. The van der Waals surface area contributed by atoms with Crippen LogP contribution in [0.5, 0.6) is 5.75 Å². The van der Waals surface area contributed by atoms with Crippen molar-refractivity contribution in [1.29, 1.82) is 0 Å². The largest absolute Gasteiger partial charge is 0.494 e. The molecule has 0 fully saturated rings. The van der Waals surface area contributed by atoms with Crippen LogP contribution in [-0.2, 0) is 14.3 Å². The van der Waals surface area contributed by atoms with Gasteiger partial charge in [-0.25, -0.2) is 4.79 Å². The number of hydrogen-bond donors (Lipinski definition) is 2. The van der Waals surface area contributed by atoms with Gasteiger partial charge in [0.1, 0.15) is 5.75 Å². The number of carbonyl (C=O) groups is 3. The number of esters is 1. The number of amides is 2. The van der Waals surface area contributed by atoms with Gasteiger partial charge in [-0.3, -0.25) is 9.59 Å². The molecule has 0 aliphatic rings. The molecule has 0 aromatic heterocycles. The molecule has 0 aliphatic carbocycles. The van der Waals surface area contributed by atoms with E-state index in [0.29, 0.717) is 23.6 Å². The number of ether oxygens (including phenoxy) is 2. The predicted octanol–water partition coefficient (Wildman–Crippen LogP) is 3.85. The van der Waals surface area contributed by atoms with Gasteiger partial charge in [0.05, 0.1) is 18.7 Å². The Labute approximate surface area is 184 Å². The van der Waals surface area contributed by atoms with Gasteiger partial charge in [0, 0.05) is 10.2 Å². The normalized spacial score (nSPS) is 10.2. The summed E-state index contributed by atoms with van der Waals surface area (Å²) in [6, 6.07) is 12.0. The van der Waals surface area contributed by atoms with E-state index in [1.807, 2.05) is 19.1 Å². The highest BCUT2D eigenvalue weighted by Gasteiger charge is 2.12. The minimum Gasteiger partial charge on any atom is -0.494 e. The Hall–Kier alpha value is -2.87. The Morgan fingerprint density at radius 1 is 1.03 bits per heavy atom. The maximum Gasteiger partial charge on any atom is 0.338 e. The summed E-state index contributed by atoms with van der Waals surface area (Å²) in [5.74, 6) is -0.894. The number of benzene rings is 2. The summed E-state index contributed by atoms with van der Waals surface area (Å²) in [5.41, 5.74) is 1.86. The lowest BCUT2D eigenvalue weighted by atomic mass is 10.2. The molecule has 8 heteroatoms. The van der Waals surface area contributed by atoms with Crippen LogP contribution in [-0.4, -0.2) is 37.5 Å². The van der Waals surface area contributed by atoms with Crippen LogP contribution in [0.4, 0.5) is 5.69 Å². The van der Waals surface area contributed by atoms with Crippen molar-refractivity contribution in [2.75, 3.05) is 25.1 Å². The first-order chi connectivity index (χ1) is 14.4. The van der Waals surface area contributed by atoms with Gasteiger partial charge in [0.2, 0.25) is 5.91 Å². The molecule has 0 spiro atoms. The molecule has 30 heavy (non-hydrogen) atoms. The molecule has 2 rings (SSSR count). The molecule has 7 nitrogen and oxygen atoms in total. The van der Waals surface area contributed by atoms with Crippen molar-refractivity contribution >= 4 is 39.4 Å². The molecule has 0 aliphatic heterocycles. The van der Waals surface area contributed by atoms with Crippen LogP contribution >= 0.6 is 15.9 Å². The van der Waals surface area contributed by atoms with Crippen molar-refractivity contribution in [2.24, 2.45) is 0 Å². The molecule has 2 aromatic rings. The lowest BCUT2D eigenvalue weighted by Gasteiger charge is -2.10. The minimum absolute atomic E-state index is 0.227. The van der Waals surface area contributed by atoms with Gasteiger partial charge in [-0.15, -0.1) is 0 Å². The average Bonchev–Trinajstić information content (AvgIpc) is 2.73.